The summed E-state index contributed by atoms with van der Waals surface area (Å²) in [5.74, 6) is 1.19. The zero-order chi connectivity index (χ0) is 22.3. The molecule has 1 aliphatic heterocycles. The van der Waals surface area contributed by atoms with Crippen LogP contribution in [-0.2, 0) is 9.53 Å². The smallest absolute Gasteiger partial charge is 0.239 e. The Morgan fingerprint density at radius 3 is 2.75 bits per heavy atom. The number of hydrogen-bond donors (Lipinski definition) is 0. The van der Waals surface area contributed by atoms with Gasteiger partial charge in [0.2, 0.25) is 5.91 Å². The molecule has 4 rings (SSSR count). The fraction of sp³-hybridized carbons (Fsp3) is 0.391. The maximum Gasteiger partial charge on any atom is 0.239 e. The van der Waals surface area contributed by atoms with Crippen molar-refractivity contribution in [1.82, 2.24) is 9.88 Å². The van der Waals surface area contributed by atoms with Crippen molar-refractivity contribution >= 4 is 56.0 Å². The minimum Gasteiger partial charge on any atom is -0.497 e. The summed E-state index contributed by atoms with van der Waals surface area (Å²) < 4.78 is 11.6. The molecule has 3 aromatic rings. The fourth-order valence-corrected chi connectivity index (χ4v) is 5.60. The van der Waals surface area contributed by atoms with E-state index in [0.717, 1.165) is 60.1 Å². The Balaban J connectivity index is 1.46. The minimum atomic E-state index is 0.0444. The monoisotopic (exact) mass is 491 g/mol. The van der Waals surface area contributed by atoms with Crippen molar-refractivity contribution in [2.24, 2.45) is 0 Å². The first-order valence-electron chi connectivity index (χ1n) is 10.6. The Morgan fingerprint density at radius 2 is 2.03 bits per heavy atom. The topological polar surface area (TPSA) is 54.9 Å². The second-order valence-corrected chi connectivity index (χ2v) is 9.87. The summed E-state index contributed by atoms with van der Waals surface area (Å²) in [6, 6.07) is 13.5. The van der Waals surface area contributed by atoms with E-state index in [4.69, 9.17) is 26.1 Å². The Morgan fingerprint density at radius 1 is 1.25 bits per heavy atom. The van der Waals surface area contributed by atoms with E-state index in [2.05, 4.69) is 4.90 Å². The van der Waals surface area contributed by atoms with Gasteiger partial charge in [0, 0.05) is 31.1 Å². The van der Waals surface area contributed by atoms with Gasteiger partial charge in [-0.3, -0.25) is 14.6 Å². The summed E-state index contributed by atoms with van der Waals surface area (Å²) in [6.07, 6.45) is 0.878. The van der Waals surface area contributed by atoms with Gasteiger partial charge < -0.3 is 9.47 Å². The van der Waals surface area contributed by atoms with Crippen molar-refractivity contribution in [3.05, 3.63) is 47.5 Å². The molecule has 0 aliphatic carbocycles. The summed E-state index contributed by atoms with van der Waals surface area (Å²) in [5.41, 5.74) is 0.753. The van der Waals surface area contributed by atoms with Crippen LogP contribution in [0.25, 0.3) is 10.2 Å². The fourth-order valence-electron chi connectivity index (χ4n) is 3.52. The Labute approximate surface area is 201 Å². The van der Waals surface area contributed by atoms with Crippen LogP contribution in [0.1, 0.15) is 6.42 Å². The molecule has 1 aromatic heterocycles. The number of ether oxygens (including phenoxy) is 2. The molecular weight excluding hydrogens is 466 g/mol. The first-order chi connectivity index (χ1) is 15.6. The number of rotatable bonds is 9. The lowest BCUT2D eigenvalue weighted by molar-refractivity contribution is -0.116. The van der Waals surface area contributed by atoms with Gasteiger partial charge in [-0.1, -0.05) is 29.0 Å². The van der Waals surface area contributed by atoms with Crippen LogP contribution in [0.3, 0.4) is 0 Å². The maximum atomic E-state index is 13.3. The second-order valence-electron chi connectivity index (χ2n) is 7.40. The molecule has 1 amide bonds. The number of carbonyl (C=O) groups excluding carboxylic acids is 1. The molecule has 0 radical (unpaired) electrons. The second kappa shape index (κ2) is 11.3. The molecule has 0 spiro atoms. The third-order valence-corrected chi connectivity index (χ3v) is 7.62. The van der Waals surface area contributed by atoms with Crippen LogP contribution in [0.5, 0.6) is 5.75 Å². The van der Waals surface area contributed by atoms with Gasteiger partial charge in [-0.25, -0.2) is 4.98 Å². The van der Waals surface area contributed by atoms with Gasteiger partial charge in [-0.05, 0) is 42.8 Å². The molecule has 6 nitrogen and oxygen atoms in total. The quantitative estimate of drug-likeness (QED) is 0.400. The molecule has 32 heavy (non-hydrogen) atoms. The van der Waals surface area contributed by atoms with E-state index in [-0.39, 0.29) is 5.91 Å². The highest BCUT2D eigenvalue weighted by Gasteiger charge is 2.21. The standard InChI is InChI=1S/C23H26ClN3O3S2/c1-29-17-6-8-18(9-7-17)31-16-21(28)27(11-3-10-26-12-14-30-15-13-26)23-25-22-19(24)4-2-5-20(22)32-23/h2,4-9H,3,10-16H2,1H3. The van der Waals surface area contributed by atoms with Gasteiger partial charge in [0.05, 0.1) is 35.8 Å². The van der Waals surface area contributed by atoms with Gasteiger partial charge in [0.25, 0.3) is 0 Å². The summed E-state index contributed by atoms with van der Waals surface area (Å²) in [6.45, 7) is 4.99. The Bertz CT molecular complexity index is 1040. The average Bonchev–Trinajstić information content (AvgIpc) is 3.26. The summed E-state index contributed by atoms with van der Waals surface area (Å²) in [5, 5.41) is 1.31. The van der Waals surface area contributed by atoms with E-state index in [9.17, 15) is 4.79 Å². The van der Waals surface area contributed by atoms with E-state index in [0.29, 0.717) is 22.5 Å². The number of carbonyl (C=O) groups is 1. The number of thiazole rings is 1. The summed E-state index contributed by atoms with van der Waals surface area (Å²) >= 11 is 9.36. The molecule has 0 saturated carbocycles. The Kier molecular flexibility index (Phi) is 8.26. The Hall–Kier alpha value is -1.84. The van der Waals surface area contributed by atoms with E-state index in [1.165, 1.54) is 23.1 Å². The predicted molar refractivity (Wildman–Crippen MR) is 133 cm³/mol. The molecular formula is C23H26ClN3O3S2. The van der Waals surface area contributed by atoms with E-state index >= 15 is 0 Å². The SMILES string of the molecule is COc1ccc(SCC(=O)N(CCCN2CCOCC2)c2nc3c(Cl)cccc3s2)cc1. The number of halogens is 1. The number of amides is 1. The van der Waals surface area contributed by atoms with Crippen LogP contribution in [0.4, 0.5) is 5.13 Å². The third-order valence-electron chi connectivity index (χ3n) is 5.27. The van der Waals surface area contributed by atoms with Crippen molar-refractivity contribution in [2.45, 2.75) is 11.3 Å². The first-order valence-corrected chi connectivity index (χ1v) is 12.7. The van der Waals surface area contributed by atoms with Gasteiger partial charge in [0.15, 0.2) is 5.13 Å². The number of hydrogen-bond acceptors (Lipinski definition) is 7. The highest BCUT2D eigenvalue weighted by Crippen LogP contribution is 2.33. The van der Waals surface area contributed by atoms with Crippen LogP contribution in [0.2, 0.25) is 5.02 Å². The van der Waals surface area contributed by atoms with Crippen LogP contribution < -0.4 is 9.64 Å². The number of fused-ring (bicyclic) bond motifs is 1. The lowest BCUT2D eigenvalue weighted by Crippen LogP contribution is -2.39. The number of morpholine rings is 1. The van der Waals surface area contributed by atoms with Crippen molar-refractivity contribution in [1.29, 1.82) is 0 Å². The number of anilines is 1. The molecule has 1 saturated heterocycles. The number of benzene rings is 2. The lowest BCUT2D eigenvalue weighted by atomic mass is 10.3. The third kappa shape index (κ3) is 5.94. The van der Waals surface area contributed by atoms with E-state index in [1.54, 1.807) is 7.11 Å². The number of nitrogens with zero attached hydrogens (tertiary/aromatic N) is 3. The average molecular weight is 492 g/mol. The normalized spacial score (nSPS) is 14.6. The molecule has 0 atom stereocenters. The zero-order valence-electron chi connectivity index (χ0n) is 18.0. The molecule has 2 heterocycles. The highest BCUT2D eigenvalue weighted by atomic mass is 35.5. The number of methoxy groups -OCH3 is 1. The molecule has 0 bridgehead atoms. The van der Waals surface area contributed by atoms with Crippen molar-refractivity contribution < 1.29 is 14.3 Å². The van der Waals surface area contributed by atoms with Crippen LogP contribution in [0, 0.1) is 0 Å². The molecule has 0 N–H and O–H groups in total. The number of para-hydroxylation sites is 1. The largest absolute Gasteiger partial charge is 0.497 e. The van der Waals surface area contributed by atoms with Gasteiger partial charge >= 0.3 is 0 Å². The van der Waals surface area contributed by atoms with Crippen LogP contribution in [0.15, 0.2) is 47.4 Å². The molecule has 1 aliphatic rings. The molecule has 1 fully saturated rings. The maximum absolute atomic E-state index is 13.3. The number of aromatic nitrogens is 1. The highest BCUT2D eigenvalue weighted by molar-refractivity contribution is 8.00. The van der Waals surface area contributed by atoms with E-state index in [1.807, 2.05) is 47.4 Å². The van der Waals surface area contributed by atoms with Crippen molar-refractivity contribution in [3.63, 3.8) is 0 Å². The summed E-state index contributed by atoms with van der Waals surface area (Å²) in [4.78, 5) is 23.2. The molecule has 0 unspecified atom stereocenters. The minimum absolute atomic E-state index is 0.0444. The molecule has 170 valence electrons. The van der Waals surface area contributed by atoms with Crippen LogP contribution >= 0.6 is 34.7 Å². The predicted octanol–water partition coefficient (Wildman–Crippen LogP) is 4.81. The number of thioether (sulfide) groups is 1. The van der Waals surface area contributed by atoms with Gasteiger partial charge in [-0.2, -0.15) is 0 Å². The van der Waals surface area contributed by atoms with Crippen molar-refractivity contribution in [2.75, 3.05) is 57.2 Å². The van der Waals surface area contributed by atoms with E-state index < -0.39 is 0 Å². The zero-order valence-corrected chi connectivity index (χ0v) is 20.3. The molecule has 2 aromatic carbocycles. The van der Waals surface area contributed by atoms with Crippen molar-refractivity contribution in [3.8, 4) is 5.75 Å². The molecule has 9 heteroatoms. The van der Waals surface area contributed by atoms with Gasteiger partial charge in [-0.15, -0.1) is 11.8 Å². The first kappa shape index (κ1) is 23.3. The summed E-state index contributed by atoms with van der Waals surface area (Å²) in [7, 11) is 1.64. The van der Waals surface area contributed by atoms with Crippen LogP contribution in [-0.4, -0.2) is 68.0 Å². The lowest BCUT2D eigenvalue weighted by Gasteiger charge is -2.27. The van der Waals surface area contributed by atoms with Gasteiger partial charge in [0.1, 0.15) is 11.3 Å².